The SMILES string of the molecule is O=C(C[C@@H]1CC2(CCN(C(=O)c3ccccn3)CC2)c2ccccc21)N1CCOCC1. The van der Waals surface area contributed by atoms with E-state index in [2.05, 4.69) is 29.2 Å². The zero-order chi connectivity index (χ0) is 21.3. The number of fused-ring (bicyclic) bond motifs is 2. The Hall–Kier alpha value is -2.73. The molecule has 0 unspecified atom stereocenters. The average molecular weight is 420 g/mol. The number of piperidine rings is 1. The maximum Gasteiger partial charge on any atom is 0.272 e. The van der Waals surface area contributed by atoms with Crippen LogP contribution in [0.15, 0.2) is 48.7 Å². The molecule has 1 aromatic heterocycles. The van der Waals surface area contributed by atoms with Crippen LogP contribution in [0.1, 0.15) is 53.2 Å². The summed E-state index contributed by atoms with van der Waals surface area (Å²) in [5.41, 5.74) is 3.29. The van der Waals surface area contributed by atoms with Crippen LogP contribution in [0, 0.1) is 0 Å². The van der Waals surface area contributed by atoms with Gasteiger partial charge in [-0.3, -0.25) is 14.6 Å². The third-order valence-electron chi connectivity index (χ3n) is 7.29. The summed E-state index contributed by atoms with van der Waals surface area (Å²) in [5, 5.41) is 0. The Morgan fingerprint density at radius 1 is 0.968 bits per heavy atom. The van der Waals surface area contributed by atoms with E-state index in [1.54, 1.807) is 12.3 Å². The van der Waals surface area contributed by atoms with Crippen molar-refractivity contribution < 1.29 is 14.3 Å². The fourth-order valence-electron chi connectivity index (χ4n) is 5.62. The quantitative estimate of drug-likeness (QED) is 0.767. The van der Waals surface area contributed by atoms with Crippen molar-refractivity contribution in [3.05, 3.63) is 65.5 Å². The lowest BCUT2D eigenvalue weighted by Gasteiger charge is -2.40. The lowest BCUT2D eigenvalue weighted by atomic mass is 9.73. The minimum atomic E-state index is 0.0146. The number of hydrogen-bond donors (Lipinski definition) is 0. The lowest BCUT2D eigenvalue weighted by Crippen LogP contribution is -2.44. The molecule has 3 heterocycles. The number of pyridine rings is 1. The summed E-state index contributed by atoms with van der Waals surface area (Å²) < 4.78 is 5.40. The van der Waals surface area contributed by atoms with Gasteiger partial charge in [-0.1, -0.05) is 30.3 Å². The molecule has 2 saturated heterocycles. The summed E-state index contributed by atoms with van der Waals surface area (Å²) in [6.45, 7) is 4.13. The molecule has 0 N–H and O–H groups in total. The maximum atomic E-state index is 12.9. The molecule has 0 saturated carbocycles. The Bertz CT molecular complexity index is 947. The Morgan fingerprint density at radius 2 is 1.71 bits per heavy atom. The van der Waals surface area contributed by atoms with Gasteiger partial charge in [-0.25, -0.2) is 0 Å². The number of aromatic nitrogens is 1. The topological polar surface area (TPSA) is 62.7 Å². The van der Waals surface area contributed by atoms with Crippen molar-refractivity contribution >= 4 is 11.8 Å². The Balaban J connectivity index is 1.30. The standard InChI is InChI=1S/C25H29N3O3/c29-23(27-13-15-31-16-14-27)17-19-18-25(21-6-2-1-5-20(19)21)8-11-28(12-9-25)24(30)22-7-3-4-10-26-22/h1-7,10,19H,8-9,11-18H2/t19-/m1/s1. The fourth-order valence-corrected chi connectivity index (χ4v) is 5.62. The molecule has 0 radical (unpaired) electrons. The van der Waals surface area contributed by atoms with Gasteiger partial charge in [-0.15, -0.1) is 0 Å². The lowest BCUT2D eigenvalue weighted by molar-refractivity contribution is -0.135. The van der Waals surface area contributed by atoms with Gasteiger partial charge in [0.1, 0.15) is 5.69 Å². The van der Waals surface area contributed by atoms with Crippen LogP contribution < -0.4 is 0 Å². The van der Waals surface area contributed by atoms with Crippen LogP contribution >= 0.6 is 0 Å². The summed E-state index contributed by atoms with van der Waals surface area (Å²) in [5.74, 6) is 0.508. The summed E-state index contributed by atoms with van der Waals surface area (Å²) >= 11 is 0. The number of carbonyl (C=O) groups excluding carboxylic acids is 2. The molecule has 5 rings (SSSR count). The number of carbonyl (C=O) groups is 2. The maximum absolute atomic E-state index is 12.9. The molecule has 1 aliphatic carbocycles. The highest BCUT2D eigenvalue weighted by molar-refractivity contribution is 5.92. The summed E-state index contributed by atoms with van der Waals surface area (Å²) in [6, 6.07) is 14.1. The van der Waals surface area contributed by atoms with Crippen molar-refractivity contribution in [3.63, 3.8) is 0 Å². The minimum Gasteiger partial charge on any atom is -0.378 e. The van der Waals surface area contributed by atoms with Crippen LogP contribution in [0.2, 0.25) is 0 Å². The first-order valence-corrected chi connectivity index (χ1v) is 11.3. The molecule has 2 amide bonds. The van der Waals surface area contributed by atoms with E-state index in [1.165, 1.54) is 11.1 Å². The smallest absolute Gasteiger partial charge is 0.272 e. The summed E-state index contributed by atoms with van der Waals surface area (Å²) in [4.78, 5) is 33.9. The molecule has 2 fully saturated rings. The molecule has 2 aliphatic heterocycles. The fraction of sp³-hybridized carbons (Fsp3) is 0.480. The number of likely N-dealkylation sites (tertiary alicyclic amines) is 1. The first-order valence-electron chi connectivity index (χ1n) is 11.3. The van der Waals surface area contributed by atoms with Gasteiger partial charge in [0.05, 0.1) is 13.2 Å². The number of amides is 2. The second-order valence-electron chi connectivity index (χ2n) is 8.97. The average Bonchev–Trinajstić information content (AvgIpc) is 3.13. The largest absolute Gasteiger partial charge is 0.378 e. The Morgan fingerprint density at radius 3 is 2.45 bits per heavy atom. The van der Waals surface area contributed by atoms with E-state index in [9.17, 15) is 9.59 Å². The van der Waals surface area contributed by atoms with E-state index in [4.69, 9.17) is 4.74 Å². The molecule has 6 nitrogen and oxygen atoms in total. The van der Waals surface area contributed by atoms with Crippen molar-refractivity contribution in [3.8, 4) is 0 Å². The van der Waals surface area contributed by atoms with Crippen molar-refractivity contribution in [1.82, 2.24) is 14.8 Å². The molecule has 1 aromatic carbocycles. The third kappa shape index (κ3) is 3.85. The van der Waals surface area contributed by atoms with Gasteiger partial charge >= 0.3 is 0 Å². The first kappa shape index (κ1) is 20.2. The second-order valence-corrected chi connectivity index (χ2v) is 8.97. The highest BCUT2D eigenvalue weighted by atomic mass is 16.5. The van der Waals surface area contributed by atoms with Crippen molar-refractivity contribution in [2.45, 2.75) is 37.0 Å². The van der Waals surface area contributed by atoms with E-state index in [-0.39, 0.29) is 23.1 Å². The zero-order valence-corrected chi connectivity index (χ0v) is 17.8. The van der Waals surface area contributed by atoms with Gasteiger partial charge in [-0.2, -0.15) is 0 Å². The Kier molecular flexibility index (Phi) is 5.48. The summed E-state index contributed by atoms with van der Waals surface area (Å²) in [7, 11) is 0. The van der Waals surface area contributed by atoms with Crippen LogP contribution in [0.25, 0.3) is 0 Å². The summed E-state index contributed by atoms with van der Waals surface area (Å²) in [6.07, 6.45) is 5.10. The number of nitrogens with zero attached hydrogens (tertiary/aromatic N) is 3. The molecule has 1 atom stereocenters. The second kappa shape index (κ2) is 8.42. The minimum absolute atomic E-state index is 0.0146. The predicted molar refractivity (Wildman–Crippen MR) is 117 cm³/mol. The van der Waals surface area contributed by atoms with E-state index in [1.807, 2.05) is 21.9 Å². The molecule has 3 aliphatic rings. The van der Waals surface area contributed by atoms with E-state index in [0.29, 0.717) is 38.4 Å². The van der Waals surface area contributed by atoms with Crippen LogP contribution in [0.3, 0.4) is 0 Å². The van der Waals surface area contributed by atoms with Crippen LogP contribution in [-0.2, 0) is 14.9 Å². The highest BCUT2D eigenvalue weighted by Gasteiger charge is 2.46. The molecule has 31 heavy (non-hydrogen) atoms. The molecule has 162 valence electrons. The van der Waals surface area contributed by atoms with E-state index >= 15 is 0 Å². The zero-order valence-electron chi connectivity index (χ0n) is 17.8. The monoisotopic (exact) mass is 419 g/mol. The molecule has 2 aromatic rings. The van der Waals surface area contributed by atoms with Crippen LogP contribution in [0.5, 0.6) is 0 Å². The molecular formula is C25H29N3O3. The van der Waals surface area contributed by atoms with Crippen molar-refractivity contribution in [1.29, 1.82) is 0 Å². The number of ether oxygens (including phenoxy) is 1. The number of morpholine rings is 1. The third-order valence-corrected chi connectivity index (χ3v) is 7.29. The van der Waals surface area contributed by atoms with E-state index in [0.717, 1.165) is 32.4 Å². The molecular weight excluding hydrogens is 390 g/mol. The van der Waals surface area contributed by atoms with Gasteiger partial charge in [0, 0.05) is 38.8 Å². The number of rotatable bonds is 3. The number of benzene rings is 1. The normalized spacial score (nSPS) is 22.4. The van der Waals surface area contributed by atoms with E-state index < -0.39 is 0 Å². The van der Waals surface area contributed by atoms with Gasteiger partial charge in [0.15, 0.2) is 0 Å². The molecule has 0 bridgehead atoms. The van der Waals surface area contributed by atoms with Gasteiger partial charge < -0.3 is 14.5 Å². The predicted octanol–water partition coefficient (Wildman–Crippen LogP) is 2.99. The highest BCUT2D eigenvalue weighted by Crippen LogP contribution is 2.52. The van der Waals surface area contributed by atoms with Crippen LogP contribution in [0.4, 0.5) is 0 Å². The van der Waals surface area contributed by atoms with Crippen molar-refractivity contribution in [2.75, 3.05) is 39.4 Å². The molecule has 1 spiro atoms. The van der Waals surface area contributed by atoms with Gasteiger partial charge in [0.2, 0.25) is 5.91 Å². The first-order chi connectivity index (χ1) is 15.2. The van der Waals surface area contributed by atoms with Gasteiger partial charge in [0.25, 0.3) is 5.91 Å². The van der Waals surface area contributed by atoms with Gasteiger partial charge in [-0.05, 0) is 53.9 Å². The molecule has 6 heteroatoms. The Labute approximate surface area is 183 Å². The van der Waals surface area contributed by atoms with Crippen molar-refractivity contribution in [2.24, 2.45) is 0 Å². The van der Waals surface area contributed by atoms with Crippen LogP contribution in [-0.4, -0.2) is 66.0 Å². The number of hydrogen-bond acceptors (Lipinski definition) is 4.